The van der Waals surface area contributed by atoms with Gasteiger partial charge in [0.2, 0.25) is 5.89 Å². The van der Waals surface area contributed by atoms with Crippen molar-refractivity contribution in [3.63, 3.8) is 0 Å². The number of benzene rings is 1. The van der Waals surface area contributed by atoms with E-state index >= 15 is 0 Å². The molecule has 0 bridgehead atoms. The lowest BCUT2D eigenvalue weighted by Crippen LogP contribution is -2.48. The quantitative estimate of drug-likeness (QED) is 0.856. The first-order valence-corrected chi connectivity index (χ1v) is 7.18. The molecule has 110 valence electrons. The molecule has 1 aromatic heterocycles. The van der Waals surface area contributed by atoms with Crippen LogP contribution in [0.15, 0.2) is 34.7 Å². The smallest absolute Gasteiger partial charge is 0.311 e. The molecule has 1 amide bonds. The molecule has 1 saturated heterocycles. The summed E-state index contributed by atoms with van der Waals surface area (Å²) in [5.74, 6) is 0.269. The van der Waals surface area contributed by atoms with Crippen LogP contribution in [0, 0.1) is 0 Å². The average Bonchev–Trinajstić information content (AvgIpc) is 3.05. The standard InChI is InChI=1S/C15H18N4O2/c1-2-18-8-10-19(11-9-18)15(20)14-17-16-13(21-14)12-6-4-3-5-7-12/h3-7H,2,8-11H2,1H3. The molecule has 6 heteroatoms. The van der Waals surface area contributed by atoms with Crippen molar-refractivity contribution in [1.82, 2.24) is 20.0 Å². The van der Waals surface area contributed by atoms with Gasteiger partial charge in [-0.25, -0.2) is 0 Å². The number of carbonyl (C=O) groups excluding carboxylic acids is 1. The summed E-state index contributed by atoms with van der Waals surface area (Å²) in [6.45, 7) is 6.33. The minimum Gasteiger partial charge on any atom is -0.412 e. The van der Waals surface area contributed by atoms with Crippen LogP contribution in [0.2, 0.25) is 0 Å². The second-order valence-corrected chi connectivity index (χ2v) is 5.00. The fourth-order valence-corrected chi connectivity index (χ4v) is 2.41. The summed E-state index contributed by atoms with van der Waals surface area (Å²) in [7, 11) is 0. The number of rotatable bonds is 3. The Morgan fingerprint density at radius 2 is 1.86 bits per heavy atom. The fraction of sp³-hybridized carbons (Fsp3) is 0.400. The summed E-state index contributed by atoms with van der Waals surface area (Å²) in [6.07, 6.45) is 0. The first kappa shape index (κ1) is 13.8. The van der Waals surface area contributed by atoms with Gasteiger partial charge in [0.05, 0.1) is 0 Å². The van der Waals surface area contributed by atoms with Crippen LogP contribution in [0.1, 0.15) is 17.6 Å². The van der Waals surface area contributed by atoms with E-state index in [1.807, 2.05) is 30.3 Å². The number of nitrogens with zero attached hydrogens (tertiary/aromatic N) is 4. The van der Waals surface area contributed by atoms with Gasteiger partial charge in [-0.3, -0.25) is 4.79 Å². The van der Waals surface area contributed by atoms with Gasteiger partial charge in [-0.05, 0) is 18.7 Å². The number of amides is 1. The topological polar surface area (TPSA) is 62.5 Å². The molecule has 2 heterocycles. The number of likely N-dealkylation sites (N-methyl/N-ethyl adjacent to an activating group) is 1. The molecule has 1 aliphatic rings. The molecule has 0 spiro atoms. The molecule has 1 fully saturated rings. The minimum atomic E-state index is -0.180. The minimum absolute atomic E-state index is 0.0683. The summed E-state index contributed by atoms with van der Waals surface area (Å²) >= 11 is 0. The van der Waals surface area contributed by atoms with Gasteiger partial charge in [-0.15, -0.1) is 10.2 Å². The summed E-state index contributed by atoms with van der Waals surface area (Å²) in [5, 5.41) is 7.84. The van der Waals surface area contributed by atoms with E-state index in [1.165, 1.54) is 0 Å². The van der Waals surface area contributed by atoms with Crippen molar-refractivity contribution in [3.05, 3.63) is 36.2 Å². The van der Waals surface area contributed by atoms with Crippen molar-refractivity contribution in [3.8, 4) is 11.5 Å². The van der Waals surface area contributed by atoms with Crippen LogP contribution in [0.4, 0.5) is 0 Å². The zero-order valence-corrected chi connectivity index (χ0v) is 12.0. The Hall–Kier alpha value is -2.21. The molecule has 0 N–H and O–H groups in total. The fourth-order valence-electron chi connectivity index (χ4n) is 2.41. The molecule has 6 nitrogen and oxygen atoms in total. The molecular weight excluding hydrogens is 268 g/mol. The third-order valence-electron chi connectivity index (χ3n) is 3.74. The van der Waals surface area contributed by atoms with Gasteiger partial charge in [-0.1, -0.05) is 25.1 Å². The highest BCUT2D eigenvalue weighted by atomic mass is 16.4. The van der Waals surface area contributed by atoms with Crippen molar-refractivity contribution in [1.29, 1.82) is 0 Å². The van der Waals surface area contributed by atoms with Crippen LogP contribution >= 0.6 is 0 Å². The molecule has 0 aliphatic carbocycles. The number of carbonyl (C=O) groups is 1. The lowest BCUT2D eigenvalue weighted by atomic mass is 10.2. The van der Waals surface area contributed by atoms with Crippen LogP contribution < -0.4 is 0 Å². The Labute approximate surface area is 123 Å². The molecule has 2 aromatic rings. The zero-order chi connectivity index (χ0) is 14.7. The van der Waals surface area contributed by atoms with Gasteiger partial charge in [0.25, 0.3) is 0 Å². The first-order chi connectivity index (χ1) is 10.3. The normalized spacial score (nSPS) is 16.1. The predicted octanol–water partition coefficient (Wildman–Crippen LogP) is 1.51. The second kappa shape index (κ2) is 6.05. The van der Waals surface area contributed by atoms with Crippen LogP contribution in [-0.4, -0.2) is 58.6 Å². The number of aromatic nitrogens is 2. The Bertz CT molecular complexity index is 603. The highest BCUT2D eigenvalue weighted by Gasteiger charge is 2.25. The molecule has 21 heavy (non-hydrogen) atoms. The van der Waals surface area contributed by atoms with Gasteiger partial charge in [0.1, 0.15) is 0 Å². The predicted molar refractivity (Wildman–Crippen MR) is 77.8 cm³/mol. The molecule has 0 unspecified atom stereocenters. The summed E-state index contributed by atoms with van der Waals surface area (Å²) in [5.41, 5.74) is 0.819. The van der Waals surface area contributed by atoms with E-state index in [2.05, 4.69) is 22.0 Å². The third-order valence-corrected chi connectivity index (χ3v) is 3.74. The Morgan fingerprint density at radius 3 is 2.52 bits per heavy atom. The van der Waals surface area contributed by atoms with E-state index in [-0.39, 0.29) is 11.8 Å². The summed E-state index contributed by atoms with van der Waals surface area (Å²) in [4.78, 5) is 16.4. The lowest BCUT2D eigenvalue weighted by Gasteiger charge is -2.33. The largest absolute Gasteiger partial charge is 0.412 e. The van der Waals surface area contributed by atoms with E-state index in [0.29, 0.717) is 19.0 Å². The maximum Gasteiger partial charge on any atom is 0.311 e. The van der Waals surface area contributed by atoms with Gasteiger partial charge < -0.3 is 14.2 Å². The van der Waals surface area contributed by atoms with Gasteiger partial charge in [-0.2, -0.15) is 0 Å². The Kier molecular flexibility index (Phi) is 3.96. The van der Waals surface area contributed by atoms with Crippen LogP contribution in [0.5, 0.6) is 0 Å². The molecule has 1 aromatic carbocycles. The highest BCUT2D eigenvalue weighted by molar-refractivity contribution is 5.89. The Morgan fingerprint density at radius 1 is 1.14 bits per heavy atom. The highest BCUT2D eigenvalue weighted by Crippen LogP contribution is 2.18. The zero-order valence-electron chi connectivity index (χ0n) is 12.0. The molecule has 0 radical (unpaired) electrons. The number of piperazine rings is 1. The van der Waals surface area contributed by atoms with Gasteiger partial charge in [0.15, 0.2) is 0 Å². The van der Waals surface area contributed by atoms with Gasteiger partial charge in [0, 0.05) is 31.7 Å². The van der Waals surface area contributed by atoms with E-state index in [9.17, 15) is 4.79 Å². The van der Waals surface area contributed by atoms with Crippen LogP contribution in [-0.2, 0) is 0 Å². The van der Waals surface area contributed by atoms with E-state index in [0.717, 1.165) is 25.2 Å². The van der Waals surface area contributed by atoms with E-state index in [4.69, 9.17) is 4.42 Å². The number of hydrogen-bond donors (Lipinski definition) is 0. The molecular formula is C15H18N4O2. The SMILES string of the molecule is CCN1CCN(C(=O)c2nnc(-c3ccccc3)o2)CC1. The molecule has 1 aliphatic heterocycles. The van der Waals surface area contributed by atoms with Crippen molar-refractivity contribution < 1.29 is 9.21 Å². The first-order valence-electron chi connectivity index (χ1n) is 7.18. The lowest BCUT2D eigenvalue weighted by molar-refractivity contribution is 0.0605. The number of hydrogen-bond acceptors (Lipinski definition) is 5. The third kappa shape index (κ3) is 2.95. The summed E-state index contributed by atoms with van der Waals surface area (Å²) in [6, 6.07) is 9.46. The van der Waals surface area contributed by atoms with Crippen molar-refractivity contribution >= 4 is 5.91 Å². The average molecular weight is 286 g/mol. The van der Waals surface area contributed by atoms with Crippen molar-refractivity contribution in [2.45, 2.75) is 6.92 Å². The second-order valence-electron chi connectivity index (χ2n) is 5.00. The Balaban J connectivity index is 1.70. The van der Waals surface area contributed by atoms with Crippen LogP contribution in [0.3, 0.4) is 0 Å². The van der Waals surface area contributed by atoms with Crippen molar-refractivity contribution in [2.24, 2.45) is 0 Å². The molecule has 0 saturated carbocycles. The molecule has 0 atom stereocenters. The maximum absolute atomic E-state index is 12.4. The summed E-state index contributed by atoms with van der Waals surface area (Å²) < 4.78 is 5.51. The van der Waals surface area contributed by atoms with E-state index < -0.39 is 0 Å². The monoisotopic (exact) mass is 286 g/mol. The van der Waals surface area contributed by atoms with Crippen molar-refractivity contribution in [2.75, 3.05) is 32.7 Å². The van der Waals surface area contributed by atoms with Gasteiger partial charge >= 0.3 is 11.8 Å². The molecule has 3 rings (SSSR count). The van der Waals surface area contributed by atoms with Crippen LogP contribution in [0.25, 0.3) is 11.5 Å². The van der Waals surface area contributed by atoms with E-state index in [1.54, 1.807) is 4.90 Å². The maximum atomic E-state index is 12.4.